The molecule has 0 fully saturated rings. The van der Waals surface area contributed by atoms with E-state index in [0.29, 0.717) is 22.7 Å². The molecule has 7 nitrogen and oxygen atoms in total. The molecule has 146 valence electrons. The van der Waals surface area contributed by atoms with E-state index in [1.807, 2.05) is 30.3 Å². The number of aromatic nitrogens is 1. The number of benzene rings is 2. The van der Waals surface area contributed by atoms with Crippen molar-refractivity contribution in [3.05, 3.63) is 78.7 Å². The van der Waals surface area contributed by atoms with Gasteiger partial charge in [-0.05, 0) is 36.4 Å². The minimum atomic E-state index is -0.347. The number of carbonyl (C=O) groups excluding carboxylic acids is 2. The van der Waals surface area contributed by atoms with Gasteiger partial charge in [0.1, 0.15) is 17.2 Å². The van der Waals surface area contributed by atoms with Crippen LogP contribution in [-0.2, 0) is 11.8 Å². The van der Waals surface area contributed by atoms with E-state index in [0.717, 1.165) is 11.3 Å². The molecule has 2 N–H and O–H groups in total. The van der Waals surface area contributed by atoms with E-state index in [9.17, 15) is 9.59 Å². The molecule has 0 atom stereocenters. The Hall–Kier alpha value is -4.00. The smallest absolute Gasteiger partial charge is 0.268 e. The lowest BCUT2D eigenvalue weighted by Crippen LogP contribution is -2.33. The number of rotatable bonds is 6. The average Bonchev–Trinajstić information content (AvgIpc) is 3.31. The Morgan fingerprint density at radius 3 is 2.45 bits per heavy atom. The second kappa shape index (κ2) is 7.93. The first-order chi connectivity index (χ1) is 14.1. The first kappa shape index (κ1) is 18.4. The van der Waals surface area contributed by atoms with E-state index in [4.69, 9.17) is 9.15 Å². The second-order valence-electron chi connectivity index (χ2n) is 6.43. The highest BCUT2D eigenvalue weighted by molar-refractivity contribution is 6.00. The monoisotopic (exact) mass is 389 g/mol. The molecule has 0 aliphatic rings. The van der Waals surface area contributed by atoms with Crippen molar-refractivity contribution in [3.63, 3.8) is 0 Å². The van der Waals surface area contributed by atoms with Crippen molar-refractivity contribution in [2.45, 2.75) is 0 Å². The summed E-state index contributed by atoms with van der Waals surface area (Å²) in [6, 6.07) is 19.9. The Balaban J connectivity index is 1.30. The third-order valence-corrected chi connectivity index (χ3v) is 4.42. The number of nitrogens with one attached hydrogen (secondary N) is 2. The van der Waals surface area contributed by atoms with Crippen LogP contribution in [0.4, 0.5) is 5.69 Å². The standard InChI is InChI=1S/C22H19N3O4/c1-25-18-11-12-28-20(18)13-19(25)22(27)23-14-21(26)24-15-7-9-17(10-8-15)29-16-5-3-2-4-6-16/h2-13H,14H2,1H3,(H,23,27)(H,24,26). The summed E-state index contributed by atoms with van der Waals surface area (Å²) >= 11 is 0. The molecular formula is C22H19N3O4. The van der Waals surface area contributed by atoms with Gasteiger partial charge in [0.05, 0.1) is 18.3 Å². The lowest BCUT2D eigenvalue weighted by Gasteiger charge is -2.09. The number of furan rings is 1. The number of hydrogen-bond acceptors (Lipinski definition) is 4. The van der Waals surface area contributed by atoms with Crippen molar-refractivity contribution in [2.24, 2.45) is 7.05 Å². The molecule has 0 saturated heterocycles. The first-order valence-electron chi connectivity index (χ1n) is 9.04. The molecule has 2 aromatic heterocycles. The highest BCUT2D eigenvalue weighted by Crippen LogP contribution is 2.22. The number of anilines is 1. The van der Waals surface area contributed by atoms with Crippen LogP contribution in [-0.4, -0.2) is 22.9 Å². The van der Waals surface area contributed by atoms with Crippen LogP contribution < -0.4 is 15.4 Å². The average molecular weight is 389 g/mol. The summed E-state index contributed by atoms with van der Waals surface area (Å²) in [5.74, 6) is 0.726. The molecule has 0 spiro atoms. The number of aryl methyl sites for hydroxylation is 1. The first-order valence-corrected chi connectivity index (χ1v) is 9.04. The van der Waals surface area contributed by atoms with Gasteiger partial charge in [-0.3, -0.25) is 9.59 Å². The van der Waals surface area contributed by atoms with Gasteiger partial charge in [-0.15, -0.1) is 0 Å². The van der Waals surface area contributed by atoms with Gasteiger partial charge >= 0.3 is 0 Å². The maximum atomic E-state index is 12.3. The largest absolute Gasteiger partial charge is 0.463 e. The molecule has 0 bridgehead atoms. The van der Waals surface area contributed by atoms with E-state index in [2.05, 4.69) is 10.6 Å². The van der Waals surface area contributed by atoms with E-state index in [-0.39, 0.29) is 18.4 Å². The Labute approximate surface area is 166 Å². The molecule has 2 heterocycles. The minimum absolute atomic E-state index is 0.145. The van der Waals surface area contributed by atoms with Crippen LogP contribution in [0.25, 0.3) is 11.1 Å². The van der Waals surface area contributed by atoms with Crippen molar-refractivity contribution >= 4 is 28.6 Å². The van der Waals surface area contributed by atoms with Crippen LogP contribution in [0, 0.1) is 0 Å². The summed E-state index contributed by atoms with van der Waals surface area (Å²) in [7, 11) is 1.77. The highest BCUT2D eigenvalue weighted by atomic mass is 16.5. The zero-order chi connectivity index (χ0) is 20.2. The fourth-order valence-electron chi connectivity index (χ4n) is 2.96. The van der Waals surface area contributed by atoms with Crippen LogP contribution in [0.5, 0.6) is 11.5 Å². The van der Waals surface area contributed by atoms with Crippen molar-refractivity contribution in [1.29, 1.82) is 0 Å². The van der Waals surface area contributed by atoms with Crippen LogP contribution in [0.15, 0.2) is 77.4 Å². The second-order valence-corrected chi connectivity index (χ2v) is 6.43. The van der Waals surface area contributed by atoms with Crippen LogP contribution >= 0.6 is 0 Å². The number of carbonyl (C=O) groups is 2. The number of amides is 2. The fraction of sp³-hybridized carbons (Fsp3) is 0.0909. The minimum Gasteiger partial charge on any atom is -0.463 e. The van der Waals surface area contributed by atoms with E-state index in [1.165, 1.54) is 0 Å². The SMILES string of the molecule is Cn1c(C(=O)NCC(=O)Nc2ccc(Oc3ccccc3)cc2)cc2occc21. The molecule has 2 aromatic carbocycles. The molecule has 4 rings (SSSR count). The van der Waals surface area contributed by atoms with Gasteiger partial charge in [0.2, 0.25) is 5.91 Å². The normalized spacial score (nSPS) is 10.7. The predicted octanol–water partition coefficient (Wildman–Crippen LogP) is 3.93. The maximum absolute atomic E-state index is 12.3. The number of nitrogens with zero attached hydrogens (tertiary/aromatic N) is 1. The van der Waals surface area contributed by atoms with Gasteiger partial charge in [-0.1, -0.05) is 18.2 Å². The van der Waals surface area contributed by atoms with E-state index >= 15 is 0 Å². The van der Waals surface area contributed by atoms with Gasteiger partial charge < -0.3 is 24.4 Å². The molecule has 2 amide bonds. The Morgan fingerprint density at radius 2 is 1.72 bits per heavy atom. The summed E-state index contributed by atoms with van der Waals surface area (Å²) in [4.78, 5) is 24.5. The van der Waals surface area contributed by atoms with Crippen LogP contribution in [0.3, 0.4) is 0 Å². The summed E-state index contributed by atoms with van der Waals surface area (Å²) in [6.45, 7) is -0.145. The molecule has 7 heteroatoms. The third kappa shape index (κ3) is 4.14. The number of fused-ring (bicyclic) bond motifs is 1. The summed E-state index contributed by atoms with van der Waals surface area (Å²) in [5, 5.41) is 5.36. The van der Waals surface area contributed by atoms with E-state index < -0.39 is 0 Å². The highest BCUT2D eigenvalue weighted by Gasteiger charge is 2.15. The van der Waals surface area contributed by atoms with Gasteiger partial charge in [-0.2, -0.15) is 0 Å². The van der Waals surface area contributed by atoms with Crippen molar-refractivity contribution in [3.8, 4) is 11.5 Å². The third-order valence-electron chi connectivity index (χ3n) is 4.42. The van der Waals surface area contributed by atoms with Crippen LogP contribution in [0.1, 0.15) is 10.5 Å². The molecular weight excluding hydrogens is 370 g/mol. The number of para-hydroxylation sites is 1. The molecule has 29 heavy (non-hydrogen) atoms. The Kier molecular flexibility index (Phi) is 5.03. The van der Waals surface area contributed by atoms with E-state index in [1.54, 1.807) is 54.3 Å². The van der Waals surface area contributed by atoms with Gasteiger partial charge in [0.15, 0.2) is 5.58 Å². The van der Waals surface area contributed by atoms with Crippen molar-refractivity contribution < 1.29 is 18.7 Å². The topological polar surface area (TPSA) is 85.5 Å². The molecule has 0 radical (unpaired) electrons. The Bertz CT molecular complexity index is 1140. The summed E-state index contributed by atoms with van der Waals surface area (Å²) in [6.07, 6.45) is 1.57. The van der Waals surface area contributed by atoms with Crippen molar-refractivity contribution in [1.82, 2.24) is 9.88 Å². The predicted molar refractivity (Wildman–Crippen MR) is 109 cm³/mol. The lowest BCUT2D eigenvalue weighted by atomic mass is 10.3. The van der Waals surface area contributed by atoms with Crippen molar-refractivity contribution in [2.75, 3.05) is 11.9 Å². The Morgan fingerprint density at radius 1 is 1.00 bits per heavy atom. The number of ether oxygens (including phenoxy) is 1. The summed E-state index contributed by atoms with van der Waals surface area (Å²) in [5.41, 5.74) is 2.48. The lowest BCUT2D eigenvalue weighted by molar-refractivity contribution is -0.115. The van der Waals surface area contributed by atoms with Gasteiger partial charge in [0, 0.05) is 24.9 Å². The quantitative estimate of drug-likeness (QED) is 0.523. The zero-order valence-electron chi connectivity index (χ0n) is 15.7. The fourth-order valence-corrected chi connectivity index (χ4v) is 2.96. The van der Waals surface area contributed by atoms with Gasteiger partial charge in [-0.25, -0.2) is 0 Å². The molecule has 0 unspecified atom stereocenters. The summed E-state index contributed by atoms with van der Waals surface area (Å²) < 4.78 is 12.7. The molecule has 0 saturated carbocycles. The zero-order valence-corrected chi connectivity index (χ0v) is 15.7. The maximum Gasteiger partial charge on any atom is 0.268 e. The molecule has 0 aliphatic carbocycles. The van der Waals surface area contributed by atoms with Crippen LogP contribution in [0.2, 0.25) is 0 Å². The van der Waals surface area contributed by atoms with Gasteiger partial charge in [0.25, 0.3) is 5.91 Å². The molecule has 0 aliphatic heterocycles. The number of hydrogen-bond donors (Lipinski definition) is 2. The molecule has 4 aromatic rings.